The van der Waals surface area contributed by atoms with Gasteiger partial charge in [0, 0.05) is 6.54 Å². The molecule has 1 fully saturated rings. The summed E-state index contributed by atoms with van der Waals surface area (Å²) in [5.74, 6) is 1.01. The quantitative estimate of drug-likeness (QED) is 0.817. The van der Waals surface area contributed by atoms with Gasteiger partial charge in [-0.15, -0.1) is 0 Å². The van der Waals surface area contributed by atoms with Gasteiger partial charge in [0.25, 0.3) is 0 Å². The Labute approximate surface area is 107 Å². The molecule has 1 atom stereocenters. The third kappa shape index (κ3) is 2.08. The lowest BCUT2D eigenvalue weighted by molar-refractivity contribution is -0.120. The second kappa shape index (κ2) is 4.98. The van der Waals surface area contributed by atoms with Crippen molar-refractivity contribution in [2.24, 2.45) is 0 Å². The Kier molecular flexibility index (Phi) is 3.19. The Balaban J connectivity index is 1.88. The zero-order valence-electron chi connectivity index (χ0n) is 10.4. The molecule has 0 spiro atoms. The molecule has 1 aromatic rings. The van der Waals surface area contributed by atoms with E-state index in [1.165, 1.54) is 0 Å². The van der Waals surface area contributed by atoms with E-state index in [4.69, 9.17) is 4.74 Å². The van der Waals surface area contributed by atoms with Crippen LogP contribution in [0.5, 0.6) is 5.75 Å². The summed E-state index contributed by atoms with van der Waals surface area (Å²) in [7, 11) is 0. The molecule has 1 saturated heterocycles. The molecule has 1 amide bonds. The van der Waals surface area contributed by atoms with Gasteiger partial charge in [-0.1, -0.05) is 12.1 Å². The molecular weight excluding hydrogens is 228 g/mol. The van der Waals surface area contributed by atoms with Gasteiger partial charge in [-0.2, -0.15) is 0 Å². The first-order valence-electron chi connectivity index (χ1n) is 6.63. The van der Waals surface area contributed by atoms with Crippen LogP contribution in [-0.2, 0) is 4.79 Å². The van der Waals surface area contributed by atoms with Crippen LogP contribution in [0.15, 0.2) is 24.3 Å². The summed E-state index contributed by atoms with van der Waals surface area (Å²) in [4.78, 5) is 14.4. The van der Waals surface area contributed by atoms with Gasteiger partial charge in [-0.25, -0.2) is 0 Å². The fraction of sp³-hybridized carbons (Fsp3) is 0.500. The topological polar surface area (TPSA) is 41.6 Å². The number of para-hydroxylation sites is 2. The van der Waals surface area contributed by atoms with E-state index in [9.17, 15) is 4.79 Å². The van der Waals surface area contributed by atoms with Crippen molar-refractivity contribution >= 4 is 11.6 Å². The molecule has 0 bridgehead atoms. The van der Waals surface area contributed by atoms with Crippen LogP contribution in [0.1, 0.15) is 19.3 Å². The minimum absolute atomic E-state index is 0.0174. The van der Waals surface area contributed by atoms with E-state index in [0.29, 0.717) is 6.61 Å². The monoisotopic (exact) mass is 246 g/mol. The van der Waals surface area contributed by atoms with Crippen LogP contribution in [0.25, 0.3) is 0 Å². The lowest BCUT2D eigenvalue weighted by Gasteiger charge is -2.24. The third-order valence-corrected chi connectivity index (χ3v) is 3.56. The highest BCUT2D eigenvalue weighted by Gasteiger charge is 2.29. The maximum atomic E-state index is 12.5. The van der Waals surface area contributed by atoms with Crippen LogP contribution in [0.3, 0.4) is 0 Å². The zero-order valence-corrected chi connectivity index (χ0v) is 10.4. The number of ether oxygens (including phenoxy) is 1. The molecule has 2 heterocycles. The molecule has 1 N–H and O–H groups in total. The molecule has 2 aliphatic heterocycles. The Morgan fingerprint density at radius 1 is 1.33 bits per heavy atom. The summed E-state index contributed by atoms with van der Waals surface area (Å²) in [5.41, 5.74) is 0.911. The number of carbonyl (C=O) groups excluding carboxylic acids is 1. The van der Waals surface area contributed by atoms with Crippen molar-refractivity contribution in [3.05, 3.63) is 24.3 Å². The van der Waals surface area contributed by atoms with Crippen molar-refractivity contribution in [1.29, 1.82) is 0 Å². The number of nitrogens with one attached hydrogen (secondary N) is 1. The van der Waals surface area contributed by atoms with Crippen LogP contribution in [0.4, 0.5) is 5.69 Å². The van der Waals surface area contributed by atoms with Gasteiger partial charge >= 0.3 is 0 Å². The average molecular weight is 246 g/mol. The van der Waals surface area contributed by atoms with Crippen molar-refractivity contribution in [2.45, 2.75) is 25.3 Å². The molecule has 0 aromatic heterocycles. The second-order valence-electron chi connectivity index (χ2n) is 4.81. The van der Waals surface area contributed by atoms with Gasteiger partial charge < -0.3 is 15.0 Å². The maximum absolute atomic E-state index is 12.5. The second-order valence-corrected chi connectivity index (χ2v) is 4.81. The summed E-state index contributed by atoms with van der Waals surface area (Å²) < 4.78 is 5.68. The van der Waals surface area contributed by atoms with Crippen molar-refractivity contribution < 1.29 is 9.53 Å². The Bertz CT molecular complexity index is 441. The van der Waals surface area contributed by atoms with Crippen molar-refractivity contribution in [3.8, 4) is 5.75 Å². The Morgan fingerprint density at radius 2 is 2.22 bits per heavy atom. The Morgan fingerprint density at radius 3 is 3.06 bits per heavy atom. The van der Waals surface area contributed by atoms with Crippen molar-refractivity contribution in [1.82, 2.24) is 5.32 Å². The van der Waals surface area contributed by atoms with Gasteiger partial charge in [-0.05, 0) is 37.9 Å². The first kappa shape index (κ1) is 11.5. The third-order valence-electron chi connectivity index (χ3n) is 3.56. The Hall–Kier alpha value is -1.55. The first-order valence-corrected chi connectivity index (χ1v) is 6.63. The molecule has 18 heavy (non-hydrogen) atoms. The minimum Gasteiger partial charge on any atom is -0.491 e. The summed E-state index contributed by atoms with van der Waals surface area (Å²) in [6.45, 7) is 2.37. The van der Waals surface area contributed by atoms with Crippen LogP contribution < -0.4 is 15.0 Å². The number of benzene rings is 1. The molecule has 0 aliphatic carbocycles. The molecule has 4 nitrogen and oxygen atoms in total. The standard InChI is InChI=1S/C14H18N2O2/c17-14(11-5-3-8-15-11)16-9-4-10-18-13-7-2-1-6-12(13)16/h1-2,6-7,11,15H,3-5,8-10H2. The fourth-order valence-electron chi connectivity index (χ4n) is 2.64. The molecule has 0 radical (unpaired) electrons. The molecule has 1 unspecified atom stereocenters. The average Bonchev–Trinajstić information content (AvgIpc) is 2.85. The van der Waals surface area contributed by atoms with E-state index < -0.39 is 0 Å². The van der Waals surface area contributed by atoms with E-state index in [0.717, 1.165) is 43.8 Å². The van der Waals surface area contributed by atoms with E-state index in [1.807, 2.05) is 29.2 Å². The zero-order chi connectivity index (χ0) is 12.4. The molecule has 4 heteroatoms. The molecule has 2 aliphatic rings. The van der Waals surface area contributed by atoms with E-state index in [-0.39, 0.29) is 11.9 Å². The van der Waals surface area contributed by atoms with Crippen molar-refractivity contribution in [3.63, 3.8) is 0 Å². The van der Waals surface area contributed by atoms with Crippen LogP contribution in [-0.4, -0.2) is 31.6 Å². The minimum atomic E-state index is -0.0174. The summed E-state index contributed by atoms with van der Waals surface area (Å²) in [6.07, 6.45) is 2.91. The van der Waals surface area contributed by atoms with E-state index in [1.54, 1.807) is 0 Å². The predicted octanol–water partition coefficient (Wildman–Crippen LogP) is 1.55. The predicted molar refractivity (Wildman–Crippen MR) is 69.9 cm³/mol. The smallest absolute Gasteiger partial charge is 0.244 e. The lowest BCUT2D eigenvalue weighted by atomic mass is 10.1. The van der Waals surface area contributed by atoms with Crippen LogP contribution in [0, 0.1) is 0 Å². The van der Waals surface area contributed by atoms with Crippen LogP contribution in [0.2, 0.25) is 0 Å². The number of amides is 1. The van der Waals surface area contributed by atoms with Gasteiger partial charge in [0.2, 0.25) is 5.91 Å². The summed E-state index contributed by atoms with van der Waals surface area (Å²) >= 11 is 0. The molecular formula is C14H18N2O2. The van der Waals surface area contributed by atoms with Gasteiger partial charge in [0.15, 0.2) is 0 Å². The van der Waals surface area contributed by atoms with Crippen LogP contribution >= 0.6 is 0 Å². The fourth-order valence-corrected chi connectivity index (χ4v) is 2.64. The molecule has 3 rings (SSSR count). The van der Waals surface area contributed by atoms with E-state index in [2.05, 4.69) is 5.32 Å². The number of anilines is 1. The number of carbonyl (C=O) groups is 1. The molecule has 1 aromatic carbocycles. The highest BCUT2D eigenvalue weighted by Crippen LogP contribution is 2.31. The maximum Gasteiger partial charge on any atom is 0.244 e. The summed E-state index contributed by atoms with van der Waals surface area (Å²) in [5, 5.41) is 3.27. The largest absolute Gasteiger partial charge is 0.491 e. The highest BCUT2D eigenvalue weighted by atomic mass is 16.5. The number of nitrogens with zero attached hydrogens (tertiary/aromatic N) is 1. The van der Waals surface area contributed by atoms with Crippen molar-refractivity contribution in [2.75, 3.05) is 24.6 Å². The van der Waals surface area contributed by atoms with E-state index >= 15 is 0 Å². The number of hydrogen-bond donors (Lipinski definition) is 1. The first-order chi connectivity index (χ1) is 8.86. The number of hydrogen-bond acceptors (Lipinski definition) is 3. The highest BCUT2D eigenvalue weighted by molar-refractivity contribution is 5.98. The number of rotatable bonds is 1. The SMILES string of the molecule is O=C(C1CCCN1)N1CCCOc2ccccc21. The van der Waals surface area contributed by atoms with Gasteiger partial charge in [0.05, 0.1) is 18.3 Å². The summed E-state index contributed by atoms with van der Waals surface area (Å²) in [6, 6.07) is 7.78. The lowest BCUT2D eigenvalue weighted by Crippen LogP contribution is -2.44. The normalized spacial score (nSPS) is 23.1. The molecule has 96 valence electrons. The molecule has 0 saturated carbocycles. The number of fused-ring (bicyclic) bond motifs is 1. The van der Waals surface area contributed by atoms with Gasteiger partial charge in [0.1, 0.15) is 5.75 Å². The van der Waals surface area contributed by atoms with Gasteiger partial charge in [-0.3, -0.25) is 4.79 Å².